The van der Waals surface area contributed by atoms with E-state index < -0.39 is 11.5 Å². The summed E-state index contributed by atoms with van der Waals surface area (Å²) in [7, 11) is 0. The van der Waals surface area contributed by atoms with Gasteiger partial charge in [-0.2, -0.15) is 0 Å². The maximum atomic E-state index is 12.5. The van der Waals surface area contributed by atoms with Gasteiger partial charge in [-0.15, -0.1) is 11.3 Å². The van der Waals surface area contributed by atoms with Crippen LogP contribution in [-0.2, 0) is 0 Å². The number of hydrogen-bond acceptors (Lipinski definition) is 5. The van der Waals surface area contributed by atoms with E-state index in [9.17, 15) is 14.7 Å². The Morgan fingerprint density at radius 1 is 1.52 bits per heavy atom. The standard InChI is InChI=1S/C14H19N3O3S/c1-5-16(8-14(3,4)20)11(18)10-6-15-13-17(12(10)19)7-9(2)21-13/h6-7,20H,5,8H2,1-4H3. The van der Waals surface area contributed by atoms with Crippen molar-refractivity contribution in [3.8, 4) is 0 Å². The van der Waals surface area contributed by atoms with Crippen molar-refractivity contribution in [2.24, 2.45) is 0 Å². The fraction of sp³-hybridized carbons (Fsp3) is 0.500. The summed E-state index contributed by atoms with van der Waals surface area (Å²) < 4.78 is 1.39. The zero-order valence-corrected chi connectivity index (χ0v) is 13.4. The van der Waals surface area contributed by atoms with E-state index in [1.54, 1.807) is 20.0 Å². The largest absolute Gasteiger partial charge is 0.389 e. The van der Waals surface area contributed by atoms with Crippen LogP contribution in [0.5, 0.6) is 0 Å². The number of thiazole rings is 1. The maximum Gasteiger partial charge on any atom is 0.271 e. The number of likely N-dealkylation sites (N-methyl/N-ethyl adjacent to an activating group) is 1. The van der Waals surface area contributed by atoms with Gasteiger partial charge in [-0.25, -0.2) is 4.98 Å². The van der Waals surface area contributed by atoms with Crippen molar-refractivity contribution in [1.29, 1.82) is 0 Å². The molecule has 7 heteroatoms. The van der Waals surface area contributed by atoms with E-state index in [0.29, 0.717) is 11.5 Å². The molecule has 1 N–H and O–H groups in total. The molecule has 2 aromatic heterocycles. The van der Waals surface area contributed by atoms with Crippen molar-refractivity contribution in [3.63, 3.8) is 0 Å². The Hall–Kier alpha value is -1.73. The van der Waals surface area contributed by atoms with Gasteiger partial charge >= 0.3 is 0 Å². The molecule has 2 heterocycles. The summed E-state index contributed by atoms with van der Waals surface area (Å²) in [5.74, 6) is -0.407. The first-order valence-corrected chi connectivity index (χ1v) is 7.54. The predicted octanol–water partition coefficient (Wildman–Crippen LogP) is 1.30. The van der Waals surface area contributed by atoms with Crippen molar-refractivity contribution in [2.75, 3.05) is 13.1 Å². The van der Waals surface area contributed by atoms with Gasteiger partial charge in [-0.3, -0.25) is 14.0 Å². The van der Waals surface area contributed by atoms with Gasteiger partial charge in [0.2, 0.25) is 0 Å². The summed E-state index contributed by atoms with van der Waals surface area (Å²) >= 11 is 1.40. The first-order valence-electron chi connectivity index (χ1n) is 6.72. The molecule has 21 heavy (non-hydrogen) atoms. The molecule has 114 valence electrons. The lowest BCUT2D eigenvalue weighted by molar-refractivity contribution is 0.0313. The number of aliphatic hydroxyl groups is 1. The third kappa shape index (κ3) is 3.30. The third-order valence-electron chi connectivity index (χ3n) is 3.00. The molecule has 0 atom stereocenters. The molecule has 0 aliphatic rings. The molecule has 0 fully saturated rings. The smallest absolute Gasteiger partial charge is 0.271 e. The van der Waals surface area contributed by atoms with Gasteiger partial charge in [0.25, 0.3) is 11.5 Å². The fourth-order valence-corrected chi connectivity index (χ4v) is 2.89. The molecule has 0 aromatic carbocycles. The number of nitrogens with zero attached hydrogens (tertiary/aromatic N) is 3. The minimum Gasteiger partial charge on any atom is -0.389 e. The summed E-state index contributed by atoms with van der Waals surface area (Å²) in [5, 5.41) is 9.87. The first kappa shape index (κ1) is 15.7. The number of fused-ring (bicyclic) bond motifs is 1. The minimum atomic E-state index is -1.02. The van der Waals surface area contributed by atoms with E-state index in [4.69, 9.17) is 0 Å². The molecule has 0 radical (unpaired) electrons. The maximum absolute atomic E-state index is 12.5. The SMILES string of the molecule is CCN(CC(C)(C)O)C(=O)c1cnc2sc(C)cn2c1=O. The number of carbonyl (C=O) groups is 1. The van der Waals surface area contributed by atoms with Crippen LogP contribution >= 0.6 is 11.3 Å². The number of aromatic nitrogens is 2. The Bertz CT molecular complexity index is 727. The highest BCUT2D eigenvalue weighted by atomic mass is 32.1. The van der Waals surface area contributed by atoms with Gasteiger partial charge in [0.15, 0.2) is 4.96 Å². The van der Waals surface area contributed by atoms with Crippen LogP contribution in [0.2, 0.25) is 0 Å². The quantitative estimate of drug-likeness (QED) is 0.923. The van der Waals surface area contributed by atoms with Crippen LogP contribution in [-0.4, -0.2) is 44.0 Å². The Morgan fingerprint density at radius 3 is 2.76 bits per heavy atom. The van der Waals surface area contributed by atoms with Crippen molar-refractivity contribution in [3.05, 3.63) is 33.2 Å². The van der Waals surface area contributed by atoms with Crippen LogP contribution in [0.25, 0.3) is 4.96 Å². The highest BCUT2D eigenvalue weighted by Gasteiger charge is 2.24. The third-order valence-corrected chi connectivity index (χ3v) is 3.91. The number of aryl methyl sites for hydroxylation is 1. The van der Waals surface area contributed by atoms with Gasteiger partial charge in [-0.1, -0.05) is 0 Å². The molecule has 0 saturated carbocycles. The van der Waals surface area contributed by atoms with Gasteiger partial charge in [-0.05, 0) is 27.7 Å². The van der Waals surface area contributed by atoms with E-state index in [-0.39, 0.29) is 17.7 Å². The van der Waals surface area contributed by atoms with Crippen LogP contribution in [0.4, 0.5) is 0 Å². The van der Waals surface area contributed by atoms with Crippen molar-refractivity contribution in [1.82, 2.24) is 14.3 Å². The molecule has 0 spiro atoms. The lowest BCUT2D eigenvalue weighted by atomic mass is 10.1. The molecule has 0 unspecified atom stereocenters. The van der Waals surface area contributed by atoms with Crippen molar-refractivity contribution >= 4 is 22.2 Å². The summed E-state index contributed by atoms with van der Waals surface area (Å²) in [6.07, 6.45) is 3.00. The lowest BCUT2D eigenvalue weighted by Crippen LogP contribution is -2.43. The fourth-order valence-electron chi connectivity index (χ4n) is 2.11. The molecule has 0 bridgehead atoms. The predicted molar refractivity (Wildman–Crippen MR) is 82.0 cm³/mol. The summed E-state index contributed by atoms with van der Waals surface area (Å²) in [4.78, 5) is 32.0. The summed E-state index contributed by atoms with van der Waals surface area (Å²) in [5.41, 5.74) is -1.36. The molecular weight excluding hydrogens is 290 g/mol. The number of amides is 1. The van der Waals surface area contributed by atoms with Crippen LogP contribution in [0.15, 0.2) is 17.2 Å². The zero-order valence-electron chi connectivity index (χ0n) is 12.6. The molecular formula is C14H19N3O3S. The molecule has 1 amide bonds. The van der Waals surface area contributed by atoms with Crippen LogP contribution < -0.4 is 5.56 Å². The number of hydrogen-bond donors (Lipinski definition) is 1. The van der Waals surface area contributed by atoms with Crippen LogP contribution in [0, 0.1) is 6.92 Å². The van der Waals surface area contributed by atoms with Crippen molar-refractivity contribution in [2.45, 2.75) is 33.3 Å². The molecule has 2 rings (SSSR count). The first-order chi connectivity index (χ1) is 9.73. The topological polar surface area (TPSA) is 74.9 Å². The minimum absolute atomic E-state index is 0.0244. The van der Waals surface area contributed by atoms with Crippen LogP contribution in [0.1, 0.15) is 36.0 Å². The van der Waals surface area contributed by atoms with E-state index >= 15 is 0 Å². The second-order valence-corrected chi connectivity index (χ2v) is 6.82. The highest BCUT2D eigenvalue weighted by Crippen LogP contribution is 2.13. The average Bonchev–Trinajstić information content (AvgIpc) is 2.76. The van der Waals surface area contributed by atoms with Crippen molar-refractivity contribution < 1.29 is 9.90 Å². The molecule has 6 nitrogen and oxygen atoms in total. The van der Waals surface area contributed by atoms with E-state index in [1.165, 1.54) is 26.8 Å². The monoisotopic (exact) mass is 309 g/mol. The summed E-state index contributed by atoms with van der Waals surface area (Å²) in [6.45, 7) is 7.51. The van der Waals surface area contributed by atoms with Gasteiger partial charge in [0.05, 0.1) is 5.60 Å². The highest BCUT2D eigenvalue weighted by molar-refractivity contribution is 7.16. The van der Waals surface area contributed by atoms with Gasteiger partial charge in [0, 0.05) is 30.4 Å². The Labute approximate surface area is 126 Å². The second kappa shape index (κ2) is 5.57. The molecule has 0 aliphatic carbocycles. The number of rotatable bonds is 4. The Balaban J connectivity index is 2.43. The number of carbonyl (C=O) groups excluding carboxylic acids is 1. The average molecular weight is 309 g/mol. The van der Waals surface area contributed by atoms with Crippen LogP contribution in [0.3, 0.4) is 0 Å². The Kier molecular flexibility index (Phi) is 4.15. The molecule has 0 aliphatic heterocycles. The second-order valence-electron chi connectivity index (χ2n) is 5.60. The van der Waals surface area contributed by atoms with Gasteiger partial charge < -0.3 is 10.0 Å². The normalized spacial score (nSPS) is 11.9. The van der Waals surface area contributed by atoms with E-state index in [0.717, 1.165) is 4.88 Å². The lowest BCUT2D eigenvalue weighted by Gasteiger charge is -2.27. The van der Waals surface area contributed by atoms with Gasteiger partial charge in [0.1, 0.15) is 5.56 Å². The van der Waals surface area contributed by atoms with E-state index in [2.05, 4.69) is 4.98 Å². The van der Waals surface area contributed by atoms with E-state index in [1.807, 2.05) is 13.8 Å². The molecule has 2 aromatic rings. The molecule has 0 saturated heterocycles. The summed E-state index contributed by atoms with van der Waals surface area (Å²) in [6, 6.07) is 0. The Morgan fingerprint density at radius 2 is 2.19 bits per heavy atom. The zero-order chi connectivity index (χ0) is 15.8.